The Morgan fingerprint density at radius 2 is 1.94 bits per heavy atom. The van der Waals surface area contributed by atoms with E-state index in [1.807, 2.05) is 6.07 Å². The molecular formula is C14H17BrClF. The number of halogens is 3. The maximum absolute atomic E-state index is 13.2. The molecule has 0 bridgehead atoms. The second-order valence-electron chi connectivity index (χ2n) is 5.25. The molecular weight excluding hydrogens is 303 g/mol. The van der Waals surface area contributed by atoms with Crippen molar-refractivity contribution < 1.29 is 4.39 Å². The lowest BCUT2D eigenvalue weighted by atomic mass is 9.71. The van der Waals surface area contributed by atoms with E-state index >= 15 is 0 Å². The van der Waals surface area contributed by atoms with E-state index in [0.717, 1.165) is 18.4 Å². The second kappa shape index (κ2) is 5.27. The molecule has 0 aliphatic heterocycles. The van der Waals surface area contributed by atoms with Gasteiger partial charge in [-0.15, -0.1) is 11.6 Å². The molecule has 0 nitrogen and oxygen atoms in total. The normalized spacial score (nSPS) is 21.2. The molecule has 94 valence electrons. The van der Waals surface area contributed by atoms with Gasteiger partial charge in [0, 0.05) is 0 Å². The van der Waals surface area contributed by atoms with Crippen LogP contribution in [-0.4, -0.2) is 0 Å². The molecule has 1 aliphatic rings. The summed E-state index contributed by atoms with van der Waals surface area (Å²) < 4.78 is 13.7. The Labute approximate surface area is 116 Å². The Balaban J connectivity index is 2.23. The minimum absolute atomic E-state index is 0.0281. The van der Waals surface area contributed by atoms with Crippen molar-refractivity contribution in [3.05, 3.63) is 34.1 Å². The summed E-state index contributed by atoms with van der Waals surface area (Å²) in [5, 5.41) is -0.0281. The van der Waals surface area contributed by atoms with Gasteiger partial charge in [-0.1, -0.05) is 32.3 Å². The van der Waals surface area contributed by atoms with Crippen LogP contribution >= 0.6 is 27.5 Å². The predicted octanol–water partition coefficient (Wildman–Crippen LogP) is 5.84. The van der Waals surface area contributed by atoms with Gasteiger partial charge >= 0.3 is 0 Å². The van der Waals surface area contributed by atoms with Crippen molar-refractivity contribution >= 4 is 27.5 Å². The summed E-state index contributed by atoms with van der Waals surface area (Å²) >= 11 is 9.83. The highest BCUT2D eigenvalue weighted by atomic mass is 79.9. The number of alkyl halides is 1. The van der Waals surface area contributed by atoms with Gasteiger partial charge in [0.2, 0.25) is 0 Å². The predicted molar refractivity (Wildman–Crippen MR) is 73.9 cm³/mol. The molecule has 2 rings (SSSR count). The maximum Gasteiger partial charge on any atom is 0.137 e. The van der Waals surface area contributed by atoms with Crippen LogP contribution in [0.1, 0.15) is 50.0 Å². The van der Waals surface area contributed by atoms with Crippen molar-refractivity contribution in [2.24, 2.45) is 5.41 Å². The van der Waals surface area contributed by atoms with E-state index in [9.17, 15) is 4.39 Å². The summed E-state index contributed by atoms with van der Waals surface area (Å²) in [6.45, 7) is 2.25. The lowest BCUT2D eigenvalue weighted by molar-refractivity contribution is 0.206. The molecule has 0 heterocycles. The third-order valence-corrected chi connectivity index (χ3v) is 5.23. The first-order valence-corrected chi connectivity index (χ1v) is 7.35. The maximum atomic E-state index is 13.2. The first kappa shape index (κ1) is 13.4. The summed E-state index contributed by atoms with van der Waals surface area (Å²) in [7, 11) is 0. The second-order valence-corrected chi connectivity index (χ2v) is 6.54. The van der Waals surface area contributed by atoms with E-state index < -0.39 is 0 Å². The number of benzene rings is 1. The van der Waals surface area contributed by atoms with Gasteiger partial charge in [0.15, 0.2) is 0 Å². The highest BCUT2D eigenvalue weighted by Gasteiger charge is 2.35. The van der Waals surface area contributed by atoms with E-state index in [1.165, 1.54) is 25.3 Å². The fourth-order valence-corrected chi connectivity index (χ4v) is 3.44. The van der Waals surface area contributed by atoms with Crippen molar-refractivity contribution in [1.82, 2.24) is 0 Å². The molecule has 1 fully saturated rings. The van der Waals surface area contributed by atoms with E-state index in [1.54, 1.807) is 6.07 Å². The zero-order valence-corrected chi connectivity index (χ0v) is 12.3. The van der Waals surface area contributed by atoms with Crippen LogP contribution < -0.4 is 0 Å². The first-order valence-electron chi connectivity index (χ1n) is 6.12. The molecule has 0 N–H and O–H groups in total. The fraction of sp³-hybridized carbons (Fsp3) is 0.571. The largest absolute Gasteiger partial charge is 0.206 e. The topological polar surface area (TPSA) is 0 Å². The zero-order chi connectivity index (χ0) is 12.5. The van der Waals surface area contributed by atoms with E-state index in [0.29, 0.717) is 4.47 Å². The quantitative estimate of drug-likeness (QED) is 0.601. The van der Waals surface area contributed by atoms with Gasteiger partial charge in [0.1, 0.15) is 5.82 Å². The smallest absolute Gasteiger partial charge is 0.137 e. The van der Waals surface area contributed by atoms with E-state index in [4.69, 9.17) is 11.6 Å². The third-order valence-electron chi connectivity index (χ3n) is 3.84. The van der Waals surface area contributed by atoms with Gasteiger partial charge in [0.25, 0.3) is 0 Å². The van der Waals surface area contributed by atoms with Crippen LogP contribution in [0.5, 0.6) is 0 Å². The van der Waals surface area contributed by atoms with Crippen LogP contribution in [0.25, 0.3) is 0 Å². The van der Waals surface area contributed by atoms with E-state index in [2.05, 4.69) is 22.9 Å². The summed E-state index contributed by atoms with van der Waals surface area (Å²) in [6, 6.07) is 5.10. The molecule has 1 unspecified atom stereocenters. The van der Waals surface area contributed by atoms with Crippen LogP contribution in [-0.2, 0) is 0 Å². The van der Waals surface area contributed by atoms with Gasteiger partial charge in [0.05, 0.1) is 9.85 Å². The summed E-state index contributed by atoms with van der Waals surface area (Å²) in [5.41, 5.74) is 1.17. The van der Waals surface area contributed by atoms with Crippen molar-refractivity contribution in [2.45, 2.75) is 44.4 Å². The minimum Gasteiger partial charge on any atom is -0.206 e. The van der Waals surface area contributed by atoms with Crippen LogP contribution in [0.2, 0.25) is 0 Å². The molecule has 0 saturated heterocycles. The Morgan fingerprint density at radius 1 is 1.29 bits per heavy atom. The minimum atomic E-state index is -0.230. The summed E-state index contributed by atoms with van der Waals surface area (Å²) in [5.74, 6) is -0.230. The third kappa shape index (κ3) is 2.85. The highest BCUT2D eigenvalue weighted by Crippen LogP contribution is 2.49. The van der Waals surface area contributed by atoms with Crippen LogP contribution in [0.15, 0.2) is 22.7 Å². The number of hydrogen-bond donors (Lipinski definition) is 0. The Bertz CT molecular complexity index is 399. The SMILES string of the molecule is CC1(C(Cl)c2ccc(F)c(Br)c2)CCCCC1. The molecule has 1 saturated carbocycles. The Morgan fingerprint density at radius 3 is 2.53 bits per heavy atom. The number of hydrogen-bond acceptors (Lipinski definition) is 0. The molecule has 0 radical (unpaired) electrons. The number of rotatable bonds is 2. The first-order chi connectivity index (χ1) is 8.03. The summed E-state index contributed by atoms with van der Waals surface area (Å²) in [6.07, 6.45) is 6.14. The van der Waals surface area contributed by atoms with Crippen LogP contribution in [0.4, 0.5) is 4.39 Å². The average molecular weight is 320 g/mol. The van der Waals surface area contributed by atoms with Gasteiger partial charge in [-0.25, -0.2) is 4.39 Å². The van der Waals surface area contributed by atoms with Gasteiger partial charge in [-0.3, -0.25) is 0 Å². The van der Waals surface area contributed by atoms with Crippen molar-refractivity contribution in [3.63, 3.8) is 0 Å². The van der Waals surface area contributed by atoms with Crippen molar-refractivity contribution in [1.29, 1.82) is 0 Å². The fourth-order valence-electron chi connectivity index (χ4n) is 2.69. The molecule has 1 aliphatic carbocycles. The molecule has 0 aromatic heterocycles. The molecule has 3 heteroatoms. The van der Waals surface area contributed by atoms with Crippen LogP contribution in [0, 0.1) is 11.2 Å². The average Bonchev–Trinajstić information content (AvgIpc) is 2.33. The van der Waals surface area contributed by atoms with Crippen molar-refractivity contribution in [3.8, 4) is 0 Å². The standard InChI is InChI=1S/C14H17BrClF/c1-14(7-3-2-4-8-14)13(16)10-5-6-12(17)11(15)9-10/h5-6,9,13H,2-4,7-8H2,1H3. The highest BCUT2D eigenvalue weighted by molar-refractivity contribution is 9.10. The molecule has 1 atom stereocenters. The van der Waals surface area contributed by atoms with Crippen LogP contribution in [0.3, 0.4) is 0 Å². The molecule has 1 aromatic rings. The molecule has 0 amide bonds. The summed E-state index contributed by atoms with van der Waals surface area (Å²) in [4.78, 5) is 0. The Kier molecular flexibility index (Phi) is 4.14. The lowest BCUT2D eigenvalue weighted by Crippen LogP contribution is -2.25. The lowest BCUT2D eigenvalue weighted by Gasteiger charge is -2.38. The zero-order valence-electron chi connectivity index (χ0n) is 9.98. The van der Waals surface area contributed by atoms with Gasteiger partial charge in [-0.05, 0) is 51.9 Å². The van der Waals surface area contributed by atoms with Gasteiger partial charge < -0.3 is 0 Å². The Hall–Kier alpha value is -0.0800. The molecule has 1 aromatic carbocycles. The molecule has 17 heavy (non-hydrogen) atoms. The monoisotopic (exact) mass is 318 g/mol. The van der Waals surface area contributed by atoms with Gasteiger partial charge in [-0.2, -0.15) is 0 Å². The molecule has 0 spiro atoms. The van der Waals surface area contributed by atoms with Crippen molar-refractivity contribution in [2.75, 3.05) is 0 Å². The van der Waals surface area contributed by atoms with E-state index in [-0.39, 0.29) is 16.6 Å².